The van der Waals surface area contributed by atoms with Crippen LogP contribution >= 0.6 is 0 Å². The van der Waals surface area contributed by atoms with Gasteiger partial charge in [-0.25, -0.2) is 4.79 Å². The second kappa shape index (κ2) is 9.81. The third-order valence-corrected chi connectivity index (χ3v) is 9.20. The van der Waals surface area contributed by atoms with Gasteiger partial charge in [-0.2, -0.15) is 26.3 Å². The molecular weight excluding hydrogens is 546 g/mol. The zero-order valence-electron chi connectivity index (χ0n) is 21.7. The SMILES string of the molecule is CC1C2Cc3c(cc(C(F)(F)F)cc3NC(N)=O)CN2C(=O)[C@]12CC[C@@H](N(C(=O)C(F)(F)F)C1CCOCC1)C2. The molecule has 0 aromatic heterocycles. The fourth-order valence-electron chi connectivity index (χ4n) is 7.29. The van der Waals surface area contributed by atoms with Crippen molar-refractivity contribution in [2.45, 2.75) is 82.5 Å². The quantitative estimate of drug-likeness (QED) is 0.526. The summed E-state index contributed by atoms with van der Waals surface area (Å²) in [5.74, 6) is -2.61. The molecule has 2 saturated heterocycles. The molecule has 1 saturated carbocycles. The molecule has 0 bridgehead atoms. The summed E-state index contributed by atoms with van der Waals surface area (Å²) in [6.45, 7) is 2.15. The number of benzene rings is 1. The number of rotatable bonds is 3. The zero-order chi connectivity index (χ0) is 29.2. The highest BCUT2D eigenvalue weighted by Gasteiger charge is 2.62. The van der Waals surface area contributed by atoms with Gasteiger partial charge in [0.05, 0.1) is 11.0 Å². The molecule has 4 aliphatic rings. The topological polar surface area (TPSA) is 105 Å². The second-order valence-corrected chi connectivity index (χ2v) is 11.2. The molecule has 4 atom stereocenters. The Kier molecular flexibility index (Phi) is 6.99. The smallest absolute Gasteiger partial charge is 0.381 e. The lowest BCUT2D eigenvalue weighted by Gasteiger charge is -2.39. The lowest BCUT2D eigenvalue weighted by molar-refractivity contribution is -0.192. The molecule has 3 N–H and O–H groups in total. The van der Waals surface area contributed by atoms with Crippen molar-refractivity contribution in [3.05, 3.63) is 28.8 Å². The van der Waals surface area contributed by atoms with Crippen molar-refractivity contribution < 1.29 is 45.5 Å². The molecule has 5 rings (SSSR count). The number of alkyl halides is 6. The highest BCUT2D eigenvalue weighted by atomic mass is 19.4. The Balaban J connectivity index is 1.45. The van der Waals surface area contributed by atoms with Gasteiger partial charge in [-0.15, -0.1) is 0 Å². The molecule has 4 amide bonds. The summed E-state index contributed by atoms with van der Waals surface area (Å²) in [6, 6.07) is -1.18. The predicted molar refractivity (Wildman–Crippen MR) is 129 cm³/mol. The van der Waals surface area contributed by atoms with E-state index < -0.39 is 53.4 Å². The van der Waals surface area contributed by atoms with Crippen LogP contribution in [0.15, 0.2) is 12.1 Å². The monoisotopic (exact) mass is 576 g/mol. The fraction of sp³-hybridized carbons (Fsp3) is 0.654. The normalized spacial score (nSPS) is 28.9. The average molecular weight is 577 g/mol. The standard InChI is InChI=1S/C26H30F6N4O4/c1-13-20-10-18-14(8-15(25(27,28)29)9-19(18)34-23(33)39)12-35(20)21(37)24(13)5-2-17(11-24)36(22(38)26(30,31)32)16-3-6-40-7-4-16/h8-9,13,16-17,20H,2-7,10-12H2,1H3,(H3,33,34,39)/t13?,17-,20?,24+/m1/s1. The van der Waals surface area contributed by atoms with Crippen molar-refractivity contribution in [2.24, 2.45) is 17.1 Å². The second-order valence-electron chi connectivity index (χ2n) is 11.2. The maximum Gasteiger partial charge on any atom is 0.471 e. The molecule has 40 heavy (non-hydrogen) atoms. The van der Waals surface area contributed by atoms with Crippen LogP contribution in [-0.4, -0.2) is 65.2 Å². The highest BCUT2D eigenvalue weighted by molar-refractivity contribution is 5.90. The summed E-state index contributed by atoms with van der Waals surface area (Å²) in [6.07, 6.45) is -8.61. The molecule has 2 unspecified atom stereocenters. The van der Waals surface area contributed by atoms with E-state index in [1.165, 1.54) is 4.90 Å². The maximum atomic E-state index is 13.9. The lowest BCUT2D eigenvalue weighted by Crippen LogP contribution is -2.53. The van der Waals surface area contributed by atoms with Crippen LogP contribution in [-0.2, 0) is 33.5 Å². The fourth-order valence-corrected chi connectivity index (χ4v) is 7.29. The van der Waals surface area contributed by atoms with E-state index in [1.807, 2.05) is 6.92 Å². The van der Waals surface area contributed by atoms with Crippen molar-refractivity contribution in [3.8, 4) is 0 Å². The molecule has 0 radical (unpaired) electrons. The van der Waals surface area contributed by atoms with Crippen molar-refractivity contribution >= 4 is 23.5 Å². The Morgan fingerprint density at radius 1 is 1.10 bits per heavy atom. The van der Waals surface area contributed by atoms with Crippen LogP contribution in [0.5, 0.6) is 0 Å². The first kappa shape index (κ1) is 28.5. The number of anilines is 1. The Morgan fingerprint density at radius 2 is 1.77 bits per heavy atom. The molecule has 1 aromatic rings. The summed E-state index contributed by atoms with van der Waals surface area (Å²) in [7, 11) is 0. The van der Waals surface area contributed by atoms with Crippen molar-refractivity contribution in [1.29, 1.82) is 0 Å². The molecule has 3 heterocycles. The van der Waals surface area contributed by atoms with E-state index in [-0.39, 0.29) is 81.4 Å². The van der Waals surface area contributed by atoms with E-state index >= 15 is 0 Å². The zero-order valence-corrected chi connectivity index (χ0v) is 21.7. The number of nitrogens with one attached hydrogen (secondary N) is 1. The van der Waals surface area contributed by atoms with E-state index in [4.69, 9.17) is 10.5 Å². The van der Waals surface area contributed by atoms with Crippen molar-refractivity contribution in [2.75, 3.05) is 18.5 Å². The van der Waals surface area contributed by atoms with Crippen LogP contribution < -0.4 is 11.1 Å². The van der Waals surface area contributed by atoms with Gasteiger partial charge in [0, 0.05) is 43.6 Å². The van der Waals surface area contributed by atoms with Gasteiger partial charge in [-0.05, 0) is 67.7 Å². The van der Waals surface area contributed by atoms with Crippen LogP contribution in [0, 0.1) is 11.3 Å². The first-order chi connectivity index (χ1) is 18.6. The van der Waals surface area contributed by atoms with Crippen LogP contribution in [0.25, 0.3) is 0 Å². The number of primary amides is 1. The average Bonchev–Trinajstić information content (AvgIpc) is 3.39. The summed E-state index contributed by atoms with van der Waals surface area (Å²) in [4.78, 5) is 40.5. The van der Waals surface area contributed by atoms with Crippen LogP contribution in [0.3, 0.4) is 0 Å². The molecule has 3 fully saturated rings. The van der Waals surface area contributed by atoms with Crippen LogP contribution in [0.4, 0.5) is 36.8 Å². The first-order valence-electron chi connectivity index (χ1n) is 13.2. The number of urea groups is 1. The Morgan fingerprint density at radius 3 is 2.38 bits per heavy atom. The van der Waals surface area contributed by atoms with Gasteiger partial charge in [0.1, 0.15) is 0 Å². The van der Waals surface area contributed by atoms with E-state index in [0.29, 0.717) is 5.56 Å². The van der Waals surface area contributed by atoms with Gasteiger partial charge in [-0.1, -0.05) is 6.92 Å². The van der Waals surface area contributed by atoms with Gasteiger partial charge >= 0.3 is 24.3 Å². The molecule has 1 aromatic carbocycles. The van der Waals surface area contributed by atoms with E-state index in [1.54, 1.807) is 0 Å². The molecule has 14 heteroatoms. The van der Waals surface area contributed by atoms with Gasteiger partial charge < -0.3 is 25.6 Å². The summed E-state index contributed by atoms with van der Waals surface area (Å²) in [5, 5.41) is 2.27. The number of nitrogens with zero attached hydrogens (tertiary/aromatic N) is 2. The van der Waals surface area contributed by atoms with Gasteiger partial charge in [0.2, 0.25) is 5.91 Å². The summed E-state index contributed by atoms with van der Waals surface area (Å²) >= 11 is 0. The number of fused-ring (bicyclic) bond motifs is 2. The number of hydrogen-bond donors (Lipinski definition) is 2. The molecule has 220 valence electrons. The lowest BCUT2D eigenvalue weighted by atomic mass is 9.73. The number of amides is 4. The van der Waals surface area contributed by atoms with E-state index in [0.717, 1.165) is 17.0 Å². The van der Waals surface area contributed by atoms with Crippen molar-refractivity contribution in [3.63, 3.8) is 0 Å². The number of nitrogens with two attached hydrogens (primary N) is 1. The van der Waals surface area contributed by atoms with E-state index in [2.05, 4.69) is 5.32 Å². The Bertz CT molecular complexity index is 1210. The Hall–Kier alpha value is -3.03. The summed E-state index contributed by atoms with van der Waals surface area (Å²) < 4.78 is 87.0. The Labute approximate surface area is 226 Å². The molecule has 1 spiro atoms. The molecule has 3 aliphatic heterocycles. The van der Waals surface area contributed by atoms with Gasteiger partial charge in [0.25, 0.3) is 0 Å². The van der Waals surface area contributed by atoms with Crippen LogP contribution in [0.1, 0.15) is 55.7 Å². The van der Waals surface area contributed by atoms with Crippen molar-refractivity contribution in [1.82, 2.24) is 9.80 Å². The third-order valence-electron chi connectivity index (χ3n) is 9.20. The molecule has 8 nitrogen and oxygen atoms in total. The van der Waals surface area contributed by atoms with Gasteiger partial charge in [0.15, 0.2) is 0 Å². The van der Waals surface area contributed by atoms with Crippen LogP contribution in [0.2, 0.25) is 0 Å². The van der Waals surface area contributed by atoms with E-state index in [9.17, 15) is 40.7 Å². The minimum Gasteiger partial charge on any atom is -0.381 e. The largest absolute Gasteiger partial charge is 0.471 e. The molecular formula is C26H30F6N4O4. The maximum absolute atomic E-state index is 13.9. The minimum atomic E-state index is -5.07. The number of ether oxygens (including phenoxy) is 1. The highest BCUT2D eigenvalue weighted by Crippen LogP contribution is 2.56. The number of halogens is 6. The third kappa shape index (κ3) is 4.77. The first-order valence-corrected chi connectivity index (χ1v) is 13.2. The number of carbonyl (C=O) groups is 3. The number of hydrogen-bond acceptors (Lipinski definition) is 4. The summed E-state index contributed by atoms with van der Waals surface area (Å²) in [5.41, 5.74) is 3.73. The minimum absolute atomic E-state index is 0.0374. The number of carbonyl (C=O) groups excluding carboxylic acids is 3. The predicted octanol–water partition coefficient (Wildman–Crippen LogP) is 4.21. The van der Waals surface area contributed by atoms with Gasteiger partial charge in [-0.3, -0.25) is 9.59 Å². The molecule has 1 aliphatic carbocycles.